The Morgan fingerprint density at radius 1 is 1.33 bits per heavy atom. The molecule has 24 heavy (non-hydrogen) atoms. The van der Waals surface area contributed by atoms with Crippen LogP contribution in [0, 0.1) is 0 Å². The number of nitrogens with two attached hydrogens (primary N) is 1. The minimum absolute atomic E-state index is 0.0126. The Kier molecular flexibility index (Phi) is 4.80. The SMILES string of the molecule is CC(C)c1nc(C(=O)N2CC[C@@H](N)C2)nn1-c1c(Cl)cccc1Cl. The maximum atomic E-state index is 12.6. The third kappa shape index (κ3) is 3.14. The van der Waals surface area contributed by atoms with Crippen LogP contribution in [0.3, 0.4) is 0 Å². The van der Waals surface area contributed by atoms with Gasteiger partial charge in [-0.25, -0.2) is 9.67 Å². The molecule has 1 fully saturated rings. The van der Waals surface area contributed by atoms with E-state index in [-0.39, 0.29) is 23.7 Å². The Morgan fingerprint density at radius 3 is 2.54 bits per heavy atom. The summed E-state index contributed by atoms with van der Waals surface area (Å²) in [6.07, 6.45) is 0.791. The number of aromatic nitrogens is 3. The van der Waals surface area contributed by atoms with Crippen LogP contribution in [-0.4, -0.2) is 44.7 Å². The topological polar surface area (TPSA) is 77.0 Å². The molecule has 1 aliphatic rings. The van der Waals surface area contributed by atoms with Gasteiger partial charge in [0, 0.05) is 25.0 Å². The van der Waals surface area contributed by atoms with Gasteiger partial charge in [0.15, 0.2) is 0 Å². The van der Waals surface area contributed by atoms with Gasteiger partial charge in [-0.3, -0.25) is 4.79 Å². The Labute approximate surface area is 150 Å². The van der Waals surface area contributed by atoms with Crippen molar-refractivity contribution in [2.75, 3.05) is 13.1 Å². The molecule has 2 heterocycles. The van der Waals surface area contributed by atoms with E-state index in [2.05, 4.69) is 10.1 Å². The van der Waals surface area contributed by atoms with Crippen molar-refractivity contribution in [1.29, 1.82) is 0 Å². The molecule has 0 saturated carbocycles. The third-order valence-corrected chi connectivity index (χ3v) is 4.61. The second-order valence-electron chi connectivity index (χ2n) is 6.23. The number of halogens is 2. The molecule has 0 aliphatic carbocycles. The van der Waals surface area contributed by atoms with Crippen molar-refractivity contribution >= 4 is 29.1 Å². The number of amides is 1. The molecule has 128 valence electrons. The maximum Gasteiger partial charge on any atom is 0.293 e. The fourth-order valence-electron chi connectivity index (χ4n) is 2.76. The van der Waals surface area contributed by atoms with Crippen molar-refractivity contribution in [3.8, 4) is 5.69 Å². The number of likely N-dealkylation sites (tertiary alicyclic amines) is 1. The lowest BCUT2D eigenvalue weighted by Crippen LogP contribution is -2.32. The van der Waals surface area contributed by atoms with Crippen LogP contribution in [0.4, 0.5) is 0 Å². The van der Waals surface area contributed by atoms with Crippen LogP contribution in [0.15, 0.2) is 18.2 Å². The molecule has 3 rings (SSSR count). The number of rotatable bonds is 3. The number of carbonyl (C=O) groups is 1. The van der Waals surface area contributed by atoms with Crippen LogP contribution < -0.4 is 5.73 Å². The molecule has 1 aromatic heterocycles. The zero-order valence-corrected chi connectivity index (χ0v) is 15.1. The molecule has 1 aromatic carbocycles. The van der Waals surface area contributed by atoms with Gasteiger partial charge in [0.25, 0.3) is 5.91 Å². The lowest BCUT2D eigenvalue weighted by atomic mass is 10.2. The van der Waals surface area contributed by atoms with Crippen molar-refractivity contribution in [3.63, 3.8) is 0 Å². The van der Waals surface area contributed by atoms with E-state index in [4.69, 9.17) is 28.9 Å². The number of nitrogens with zero attached hydrogens (tertiary/aromatic N) is 4. The lowest BCUT2D eigenvalue weighted by Gasteiger charge is -2.13. The van der Waals surface area contributed by atoms with E-state index in [1.165, 1.54) is 0 Å². The quantitative estimate of drug-likeness (QED) is 0.904. The normalized spacial score (nSPS) is 17.8. The molecule has 1 saturated heterocycles. The van der Waals surface area contributed by atoms with Crippen LogP contribution in [0.25, 0.3) is 5.69 Å². The average Bonchev–Trinajstić information content (AvgIpc) is 3.13. The fourth-order valence-corrected chi connectivity index (χ4v) is 3.32. The molecule has 1 amide bonds. The minimum atomic E-state index is -0.216. The van der Waals surface area contributed by atoms with E-state index in [1.54, 1.807) is 27.8 Å². The first kappa shape index (κ1) is 17.2. The lowest BCUT2D eigenvalue weighted by molar-refractivity contribution is 0.0779. The highest BCUT2D eigenvalue weighted by molar-refractivity contribution is 6.37. The molecule has 2 aromatic rings. The highest BCUT2D eigenvalue weighted by Crippen LogP contribution is 2.30. The Hall–Kier alpha value is -1.63. The number of benzene rings is 1. The molecule has 0 radical (unpaired) electrons. The third-order valence-electron chi connectivity index (χ3n) is 4.00. The van der Waals surface area contributed by atoms with Crippen LogP contribution in [0.1, 0.15) is 42.6 Å². The Balaban J connectivity index is 2.04. The summed E-state index contributed by atoms with van der Waals surface area (Å²) in [5, 5.41) is 5.31. The number of carbonyl (C=O) groups excluding carboxylic acids is 1. The van der Waals surface area contributed by atoms with Crippen molar-refractivity contribution in [2.45, 2.75) is 32.2 Å². The summed E-state index contributed by atoms with van der Waals surface area (Å²) in [6, 6.07) is 5.24. The van der Waals surface area contributed by atoms with Gasteiger partial charge in [-0.05, 0) is 18.6 Å². The number of para-hydroxylation sites is 1. The minimum Gasteiger partial charge on any atom is -0.334 e. The molecule has 1 atom stereocenters. The second-order valence-corrected chi connectivity index (χ2v) is 7.04. The van der Waals surface area contributed by atoms with Crippen LogP contribution in [-0.2, 0) is 0 Å². The van der Waals surface area contributed by atoms with Crippen LogP contribution in [0.2, 0.25) is 10.0 Å². The van der Waals surface area contributed by atoms with Gasteiger partial charge in [-0.15, -0.1) is 5.10 Å². The van der Waals surface area contributed by atoms with E-state index < -0.39 is 0 Å². The first-order valence-corrected chi connectivity index (χ1v) is 8.60. The van der Waals surface area contributed by atoms with Gasteiger partial charge in [0.1, 0.15) is 11.5 Å². The van der Waals surface area contributed by atoms with E-state index in [0.717, 1.165) is 6.42 Å². The van der Waals surface area contributed by atoms with Crippen molar-refractivity contribution in [1.82, 2.24) is 19.7 Å². The van der Waals surface area contributed by atoms with Gasteiger partial charge in [0.2, 0.25) is 5.82 Å². The fraction of sp³-hybridized carbons (Fsp3) is 0.438. The summed E-state index contributed by atoms with van der Waals surface area (Å²) in [5.41, 5.74) is 6.42. The predicted molar refractivity (Wildman–Crippen MR) is 94.0 cm³/mol. The van der Waals surface area contributed by atoms with E-state index in [9.17, 15) is 4.79 Å². The molecule has 1 aliphatic heterocycles. The van der Waals surface area contributed by atoms with Gasteiger partial charge < -0.3 is 10.6 Å². The first-order chi connectivity index (χ1) is 11.4. The van der Waals surface area contributed by atoms with E-state index in [1.807, 2.05) is 13.8 Å². The average molecular weight is 368 g/mol. The second kappa shape index (κ2) is 6.70. The highest BCUT2D eigenvalue weighted by Gasteiger charge is 2.29. The summed E-state index contributed by atoms with van der Waals surface area (Å²) in [6.45, 7) is 5.10. The first-order valence-electron chi connectivity index (χ1n) is 7.84. The summed E-state index contributed by atoms with van der Waals surface area (Å²) >= 11 is 12.6. The summed E-state index contributed by atoms with van der Waals surface area (Å²) in [4.78, 5) is 18.8. The van der Waals surface area contributed by atoms with Gasteiger partial charge in [0.05, 0.1) is 10.0 Å². The summed E-state index contributed by atoms with van der Waals surface area (Å²) < 4.78 is 1.57. The van der Waals surface area contributed by atoms with Crippen molar-refractivity contribution in [3.05, 3.63) is 39.9 Å². The summed E-state index contributed by atoms with van der Waals surface area (Å²) in [7, 11) is 0. The van der Waals surface area contributed by atoms with E-state index >= 15 is 0 Å². The molecule has 0 spiro atoms. The zero-order valence-electron chi connectivity index (χ0n) is 13.5. The van der Waals surface area contributed by atoms with Crippen molar-refractivity contribution in [2.24, 2.45) is 5.73 Å². The maximum absolute atomic E-state index is 12.6. The molecule has 0 bridgehead atoms. The van der Waals surface area contributed by atoms with Gasteiger partial charge in [-0.2, -0.15) is 0 Å². The van der Waals surface area contributed by atoms with Crippen LogP contribution >= 0.6 is 23.2 Å². The highest BCUT2D eigenvalue weighted by atomic mass is 35.5. The predicted octanol–water partition coefficient (Wildman–Crippen LogP) is 2.87. The smallest absolute Gasteiger partial charge is 0.293 e. The van der Waals surface area contributed by atoms with E-state index in [0.29, 0.717) is 34.6 Å². The molecule has 8 heteroatoms. The summed E-state index contributed by atoms with van der Waals surface area (Å²) in [5.74, 6) is 0.611. The van der Waals surface area contributed by atoms with Crippen LogP contribution in [0.5, 0.6) is 0 Å². The van der Waals surface area contributed by atoms with Crippen molar-refractivity contribution < 1.29 is 4.79 Å². The zero-order chi connectivity index (χ0) is 17.4. The van der Waals surface area contributed by atoms with Gasteiger partial charge >= 0.3 is 0 Å². The molecule has 0 unspecified atom stereocenters. The monoisotopic (exact) mass is 367 g/mol. The standard InChI is InChI=1S/C16H19Cl2N5O/c1-9(2)15-20-14(16(24)22-7-6-10(19)8-22)21-23(15)13-11(17)4-3-5-12(13)18/h3-5,9-10H,6-8,19H2,1-2H3/t10-/m1/s1. The molecule has 6 nitrogen and oxygen atoms in total. The molecular formula is C16H19Cl2N5O. The molecule has 2 N–H and O–H groups in total. The number of hydrogen-bond acceptors (Lipinski definition) is 4. The molecular weight excluding hydrogens is 349 g/mol. The largest absolute Gasteiger partial charge is 0.334 e. The van der Waals surface area contributed by atoms with Gasteiger partial charge in [-0.1, -0.05) is 43.1 Å². The number of hydrogen-bond donors (Lipinski definition) is 1. The Morgan fingerprint density at radius 2 is 2.00 bits per heavy atom. The Bertz CT molecular complexity index is 754.